The second kappa shape index (κ2) is 10.4. The molecule has 2 aromatic carbocycles. The highest BCUT2D eigenvalue weighted by atomic mass is 35.5. The van der Waals surface area contributed by atoms with Crippen LogP contribution in [0.25, 0.3) is 0 Å². The number of hydrogen-bond acceptors (Lipinski definition) is 6. The van der Waals surface area contributed by atoms with Crippen LogP contribution >= 0.6 is 11.6 Å². The predicted molar refractivity (Wildman–Crippen MR) is 148 cm³/mol. The van der Waals surface area contributed by atoms with Crippen molar-refractivity contribution in [2.24, 2.45) is 5.92 Å². The van der Waals surface area contributed by atoms with Crippen LogP contribution in [0.3, 0.4) is 0 Å². The van der Waals surface area contributed by atoms with Crippen LogP contribution in [0.4, 0.5) is 17.1 Å². The van der Waals surface area contributed by atoms with Crippen molar-refractivity contribution in [2.45, 2.75) is 12.5 Å². The minimum atomic E-state index is -0.106. The van der Waals surface area contributed by atoms with E-state index in [1.165, 1.54) is 0 Å². The van der Waals surface area contributed by atoms with Crippen molar-refractivity contribution in [2.75, 3.05) is 61.6 Å². The molecule has 38 heavy (non-hydrogen) atoms. The molecule has 8 nitrogen and oxygen atoms in total. The number of carbonyl (C=O) groups excluding carboxylic acids is 2. The molecule has 4 heterocycles. The van der Waals surface area contributed by atoms with Crippen molar-refractivity contribution in [1.29, 1.82) is 0 Å². The molecule has 1 aromatic heterocycles. The van der Waals surface area contributed by atoms with Gasteiger partial charge in [-0.3, -0.25) is 19.5 Å². The highest BCUT2D eigenvalue weighted by molar-refractivity contribution is 6.33. The quantitative estimate of drug-likeness (QED) is 0.543. The van der Waals surface area contributed by atoms with Crippen LogP contribution in [-0.2, 0) is 9.53 Å². The second-order valence-electron chi connectivity index (χ2n) is 10.0. The first kappa shape index (κ1) is 24.9. The molecule has 6 rings (SSSR count). The molecule has 2 atom stereocenters. The van der Waals surface area contributed by atoms with E-state index in [0.29, 0.717) is 29.5 Å². The summed E-state index contributed by atoms with van der Waals surface area (Å²) in [7, 11) is 1.83. The molecule has 1 N–H and O–H groups in total. The number of amides is 2. The molecule has 0 spiro atoms. The first-order chi connectivity index (χ1) is 18.5. The van der Waals surface area contributed by atoms with Gasteiger partial charge in [0, 0.05) is 74.7 Å². The zero-order valence-electron chi connectivity index (χ0n) is 21.3. The van der Waals surface area contributed by atoms with Crippen molar-refractivity contribution in [3.8, 4) is 0 Å². The molecule has 2 unspecified atom stereocenters. The number of aromatic nitrogens is 1. The first-order valence-electron chi connectivity index (χ1n) is 13.0. The van der Waals surface area contributed by atoms with Gasteiger partial charge in [0.15, 0.2) is 0 Å². The fraction of sp³-hybridized carbons (Fsp3) is 0.345. The highest BCUT2D eigenvalue weighted by Crippen LogP contribution is 2.40. The summed E-state index contributed by atoms with van der Waals surface area (Å²) in [6.45, 7) is 4.25. The van der Waals surface area contributed by atoms with Gasteiger partial charge in [0.25, 0.3) is 5.91 Å². The number of para-hydroxylation sites is 1. The van der Waals surface area contributed by atoms with Gasteiger partial charge in [-0.2, -0.15) is 0 Å². The third kappa shape index (κ3) is 4.53. The Morgan fingerprint density at radius 1 is 1.05 bits per heavy atom. The molecule has 2 saturated heterocycles. The van der Waals surface area contributed by atoms with Crippen molar-refractivity contribution in [1.82, 2.24) is 9.88 Å². The Kier molecular flexibility index (Phi) is 6.78. The van der Waals surface area contributed by atoms with E-state index in [0.717, 1.165) is 55.1 Å². The number of anilines is 3. The standard InChI is InChI=1S/C29H30ClN5O3/c1-33-25-5-3-2-4-22(25)27(23-17-31-10-8-21(23)29(33)37)35-13-11-34(12-14-35)26-7-6-20(16-24(26)30)32-28(36)19-9-15-38-18-19/h2-8,10,16-17,19,27H,9,11-15,18H2,1H3,(H,32,36). The van der Waals surface area contributed by atoms with Gasteiger partial charge in [-0.25, -0.2) is 0 Å². The fourth-order valence-electron chi connectivity index (χ4n) is 5.74. The topological polar surface area (TPSA) is 78.0 Å². The molecule has 0 saturated carbocycles. The average molecular weight is 532 g/mol. The Morgan fingerprint density at radius 2 is 1.87 bits per heavy atom. The summed E-state index contributed by atoms with van der Waals surface area (Å²) >= 11 is 6.70. The molecule has 196 valence electrons. The third-order valence-electron chi connectivity index (χ3n) is 7.81. The summed E-state index contributed by atoms with van der Waals surface area (Å²) in [5.74, 6) is -0.149. The molecule has 0 radical (unpaired) electrons. The number of nitrogens with zero attached hydrogens (tertiary/aromatic N) is 4. The molecule has 0 bridgehead atoms. The molecular weight excluding hydrogens is 502 g/mol. The van der Waals surface area contributed by atoms with Crippen LogP contribution in [0.5, 0.6) is 0 Å². The summed E-state index contributed by atoms with van der Waals surface area (Å²) in [5.41, 5.74) is 5.30. The molecule has 9 heteroatoms. The number of fused-ring (bicyclic) bond motifs is 2. The van der Waals surface area contributed by atoms with Crippen molar-refractivity contribution < 1.29 is 14.3 Å². The van der Waals surface area contributed by atoms with E-state index in [1.54, 1.807) is 11.1 Å². The Hall–Kier alpha value is -3.46. The maximum absolute atomic E-state index is 13.3. The van der Waals surface area contributed by atoms with Gasteiger partial charge < -0.3 is 19.9 Å². The maximum atomic E-state index is 13.3. The van der Waals surface area contributed by atoms with Gasteiger partial charge in [0.1, 0.15) is 0 Å². The summed E-state index contributed by atoms with van der Waals surface area (Å²) in [4.78, 5) is 36.6. The summed E-state index contributed by atoms with van der Waals surface area (Å²) < 4.78 is 5.33. The number of ether oxygens (including phenoxy) is 1. The van der Waals surface area contributed by atoms with Crippen LogP contribution in [-0.4, -0.2) is 68.1 Å². The summed E-state index contributed by atoms with van der Waals surface area (Å²) in [5, 5.41) is 3.58. The number of nitrogens with one attached hydrogen (secondary N) is 1. The van der Waals surface area contributed by atoms with E-state index in [9.17, 15) is 9.59 Å². The predicted octanol–water partition coefficient (Wildman–Crippen LogP) is 4.21. The summed E-state index contributed by atoms with van der Waals surface area (Å²) in [6, 6.07) is 15.6. The van der Waals surface area contributed by atoms with Crippen molar-refractivity contribution >= 4 is 40.5 Å². The highest BCUT2D eigenvalue weighted by Gasteiger charge is 2.35. The smallest absolute Gasteiger partial charge is 0.258 e. The lowest BCUT2D eigenvalue weighted by Gasteiger charge is -2.41. The lowest BCUT2D eigenvalue weighted by atomic mass is 9.94. The Morgan fingerprint density at radius 3 is 2.63 bits per heavy atom. The third-order valence-corrected chi connectivity index (χ3v) is 8.11. The van der Waals surface area contributed by atoms with Crippen LogP contribution in [0.15, 0.2) is 60.9 Å². The number of benzene rings is 2. The van der Waals surface area contributed by atoms with E-state index in [1.807, 2.05) is 55.7 Å². The zero-order chi connectivity index (χ0) is 26.2. The van der Waals surface area contributed by atoms with Gasteiger partial charge in [-0.1, -0.05) is 29.8 Å². The number of piperazine rings is 1. The van der Waals surface area contributed by atoms with Gasteiger partial charge in [0.2, 0.25) is 5.91 Å². The average Bonchev–Trinajstić information content (AvgIpc) is 3.47. The van der Waals surface area contributed by atoms with E-state index in [2.05, 4.69) is 26.2 Å². The molecule has 0 aliphatic carbocycles. The Labute approximate surface area is 227 Å². The van der Waals surface area contributed by atoms with Crippen molar-refractivity contribution in [3.05, 3.63) is 82.6 Å². The molecule has 2 amide bonds. The van der Waals surface area contributed by atoms with E-state index in [-0.39, 0.29) is 23.8 Å². The van der Waals surface area contributed by atoms with Gasteiger partial charge in [0.05, 0.1) is 29.3 Å². The van der Waals surface area contributed by atoms with Crippen LogP contribution in [0.2, 0.25) is 5.02 Å². The molecule has 3 aliphatic heterocycles. The number of pyridine rings is 1. The lowest BCUT2D eigenvalue weighted by molar-refractivity contribution is -0.119. The first-order valence-corrected chi connectivity index (χ1v) is 13.4. The SMILES string of the molecule is CN1C(=O)c2ccncc2C(N2CCN(c3ccc(NC(=O)C4CCOC4)cc3Cl)CC2)c2ccccc21. The number of hydrogen-bond donors (Lipinski definition) is 1. The van der Waals surface area contributed by atoms with E-state index >= 15 is 0 Å². The fourth-order valence-corrected chi connectivity index (χ4v) is 6.04. The van der Waals surface area contributed by atoms with Crippen molar-refractivity contribution in [3.63, 3.8) is 0 Å². The van der Waals surface area contributed by atoms with Crippen LogP contribution in [0, 0.1) is 5.92 Å². The second-order valence-corrected chi connectivity index (χ2v) is 10.4. The number of carbonyl (C=O) groups is 2. The van der Waals surface area contributed by atoms with E-state index in [4.69, 9.17) is 16.3 Å². The van der Waals surface area contributed by atoms with Gasteiger partial charge >= 0.3 is 0 Å². The molecule has 2 fully saturated rings. The van der Waals surface area contributed by atoms with Gasteiger partial charge in [-0.05, 0) is 42.3 Å². The molecule has 3 aliphatic rings. The Bertz CT molecular complexity index is 1370. The number of rotatable bonds is 4. The normalized spacial score (nSPS) is 21.6. The minimum Gasteiger partial charge on any atom is -0.381 e. The molecule has 3 aromatic rings. The Balaban J connectivity index is 1.21. The minimum absolute atomic E-state index is 0.0181. The summed E-state index contributed by atoms with van der Waals surface area (Å²) in [6.07, 6.45) is 4.27. The maximum Gasteiger partial charge on any atom is 0.258 e. The monoisotopic (exact) mass is 531 g/mol. The van der Waals surface area contributed by atoms with E-state index < -0.39 is 0 Å². The van der Waals surface area contributed by atoms with Crippen LogP contribution in [0.1, 0.15) is 33.9 Å². The lowest BCUT2D eigenvalue weighted by Crippen LogP contribution is -2.48. The number of halogens is 1. The van der Waals surface area contributed by atoms with Gasteiger partial charge in [-0.15, -0.1) is 0 Å². The molecular formula is C29H30ClN5O3. The largest absolute Gasteiger partial charge is 0.381 e. The zero-order valence-corrected chi connectivity index (χ0v) is 22.0. The van der Waals surface area contributed by atoms with Crippen LogP contribution < -0.4 is 15.1 Å².